The average molecular weight is 332 g/mol. The highest BCUT2D eigenvalue weighted by molar-refractivity contribution is 8.00. The predicted molar refractivity (Wildman–Crippen MR) is 86.1 cm³/mol. The predicted octanol–water partition coefficient (Wildman–Crippen LogP) is 1.01. The average Bonchev–Trinajstić information content (AvgIpc) is 2.93. The second-order valence-electron chi connectivity index (χ2n) is 5.23. The summed E-state index contributed by atoms with van der Waals surface area (Å²) in [5, 5.41) is 7.79. The van der Waals surface area contributed by atoms with E-state index in [0.717, 1.165) is 25.3 Å². The Bertz CT molecular complexity index is 544. The number of sulfonamides is 1. The van der Waals surface area contributed by atoms with Crippen molar-refractivity contribution in [2.24, 2.45) is 0 Å². The second kappa shape index (κ2) is 7.62. The topological polar surface area (TPSA) is 67.2 Å². The first-order valence-corrected chi connectivity index (χ1v) is 9.88. The molecule has 1 fully saturated rings. The zero-order chi connectivity index (χ0) is 15.3. The number of nitrogens with zero attached hydrogens (tertiary/aromatic N) is 3. The van der Waals surface area contributed by atoms with Gasteiger partial charge in [0.05, 0.1) is 12.7 Å². The maximum atomic E-state index is 12.6. The van der Waals surface area contributed by atoms with Gasteiger partial charge < -0.3 is 5.32 Å². The lowest BCUT2D eigenvalue weighted by atomic mass is 10.4. The molecule has 120 valence electrons. The van der Waals surface area contributed by atoms with Gasteiger partial charge in [-0.05, 0) is 13.0 Å². The van der Waals surface area contributed by atoms with Crippen molar-refractivity contribution in [2.75, 3.05) is 31.9 Å². The normalized spacial score (nSPS) is 20.8. The van der Waals surface area contributed by atoms with Crippen molar-refractivity contribution < 1.29 is 8.42 Å². The van der Waals surface area contributed by atoms with Crippen LogP contribution in [0.1, 0.15) is 20.3 Å². The summed E-state index contributed by atoms with van der Waals surface area (Å²) in [6.45, 7) is 7.79. The number of rotatable bonds is 7. The van der Waals surface area contributed by atoms with Crippen LogP contribution in [0.15, 0.2) is 17.3 Å². The van der Waals surface area contributed by atoms with Crippen LogP contribution in [0, 0.1) is 0 Å². The molecule has 0 radical (unpaired) electrons. The molecule has 6 nitrogen and oxygen atoms in total. The Kier molecular flexibility index (Phi) is 6.09. The van der Waals surface area contributed by atoms with Crippen LogP contribution in [0.25, 0.3) is 0 Å². The molecule has 1 aliphatic rings. The Morgan fingerprint density at radius 3 is 3.00 bits per heavy atom. The van der Waals surface area contributed by atoms with Crippen LogP contribution < -0.4 is 5.32 Å². The molecule has 0 bridgehead atoms. The van der Waals surface area contributed by atoms with Crippen LogP contribution in [-0.4, -0.2) is 59.7 Å². The summed E-state index contributed by atoms with van der Waals surface area (Å²) in [4.78, 5) is 0.303. The fraction of sp³-hybridized carbons (Fsp3) is 0.769. The van der Waals surface area contributed by atoms with Gasteiger partial charge in [0, 0.05) is 36.8 Å². The first-order chi connectivity index (χ1) is 10.0. The molecule has 8 heteroatoms. The van der Waals surface area contributed by atoms with Crippen molar-refractivity contribution in [3.05, 3.63) is 12.4 Å². The maximum Gasteiger partial charge on any atom is 0.246 e. The lowest BCUT2D eigenvalue weighted by Crippen LogP contribution is -2.40. The van der Waals surface area contributed by atoms with E-state index in [1.54, 1.807) is 15.2 Å². The van der Waals surface area contributed by atoms with Crippen molar-refractivity contribution in [1.82, 2.24) is 19.4 Å². The lowest BCUT2D eigenvalue weighted by Gasteiger charge is -2.29. The summed E-state index contributed by atoms with van der Waals surface area (Å²) in [7, 11) is -3.39. The molecule has 0 saturated carbocycles. The third kappa shape index (κ3) is 4.45. The smallest absolute Gasteiger partial charge is 0.246 e. The molecule has 1 saturated heterocycles. The van der Waals surface area contributed by atoms with Crippen LogP contribution in [0.3, 0.4) is 0 Å². The molecule has 1 unspecified atom stereocenters. The Hall–Kier alpha value is -0.570. The van der Waals surface area contributed by atoms with E-state index in [-0.39, 0.29) is 0 Å². The van der Waals surface area contributed by atoms with E-state index in [1.807, 2.05) is 11.8 Å². The molecule has 21 heavy (non-hydrogen) atoms. The lowest BCUT2D eigenvalue weighted by molar-refractivity contribution is 0.424. The molecule has 1 N–H and O–H groups in total. The molecule has 0 spiro atoms. The van der Waals surface area contributed by atoms with E-state index in [1.165, 1.54) is 6.20 Å². The quantitative estimate of drug-likeness (QED) is 0.755. The van der Waals surface area contributed by atoms with Gasteiger partial charge in [0.25, 0.3) is 0 Å². The molecule has 2 rings (SSSR count). The molecule has 1 aromatic rings. The minimum Gasteiger partial charge on any atom is -0.315 e. The van der Waals surface area contributed by atoms with E-state index in [2.05, 4.69) is 24.3 Å². The Labute approximate surface area is 131 Å². The molecular weight excluding hydrogens is 308 g/mol. The van der Waals surface area contributed by atoms with Gasteiger partial charge in [0.1, 0.15) is 4.90 Å². The number of aromatic nitrogens is 2. The van der Waals surface area contributed by atoms with Gasteiger partial charge >= 0.3 is 0 Å². The number of nitrogens with one attached hydrogen (secondary N) is 1. The van der Waals surface area contributed by atoms with E-state index < -0.39 is 10.0 Å². The third-order valence-corrected chi connectivity index (χ3v) is 6.35. The van der Waals surface area contributed by atoms with Crippen molar-refractivity contribution in [3.8, 4) is 0 Å². The molecule has 2 heterocycles. The molecule has 1 aliphatic heterocycles. The van der Waals surface area contributed by atoms with Gasteiger partial charge in [-0.3, -0.25) is 4.68 Å². The summed E-state index contributed by atoms with van der Waals surface area (Å²) in [5.41, 5.74) is 0. The second-order valence-corrected chi connectivity index (χ2v) is 8.72. The first-order valence-electron chi connectivity index (χ1n) is 7.39. The van der Waals surface area contributed by atoms with Crippen molar-refractivity contribution in [1.29, 1.82) is 0 Å². The van der Waals surface area contributed by atoms with Crippen LogP contribution in [0.2, 0.25) is 0 Å². The summed E-state index contributed by atoms with van der Waals surface area (Å²) < 4.78 is 28.4. The highest BCUT2D eigenvalue weighted by Crippen LogP contribution is 2.23. The highest BCUT2D eigenvalue weighted by atomic mass is 32.2. The minimum absolute atomic E-state index is 0.303. The largest absolute Gasteiger partial charge is 0.315 e. The standard InChI is InChI=1S/C13H24N4O2S2/c1-3-4-14-5-6-16-11-13(9-15-16)21(18,19)17-7-8-20-12(2)10-17/h9,11-12,14H,3-8,10H2,1-2H3. The fourth-order valence-electron chi connectivity index (χ4n) is 2.25. The summed E-state index contributed by atoms with van der Waals surface area (Å²) in [6.07, 6.45) is 4.18. The zero-order valence-corrected chi connectivity index (χ0v) is 14.3. The SMILES string of the molecule is CCCNCCn1cc(S(=O)(=O)N2CCSC(C)C2)cn1. The molecule has 0 aromatic carbocycles. The van der Waals surface area contributed by atoms with E-state index in [4.69, 9.17) is 0 Å². The van der Waals surface area contributed by atoms with E-state index >= 15 is 0 Å². The maximum absolute atomic E-state index is 12.6. The molecule has 0 amide bonds. The molecular formula is C13H24N4O2S2. The van der Waals surface area contributed by atoms with Crippen LogP contribution in [0.5, 0.6) is 0 Å². The van der Waals surface area contributed by atoms with Crippen LogP contribution >= 0.6 is 11.8 Å². The van der Waals surface area contributed by atoms with Gasteiger partial charge in [-0.15, -0.1) is 0 Å². The van der Waals surface area contributed by atoms with Crippen molar-refractivity contribution in [2.45, 2.75) is 37.0 Å². The van der Waals surface area contributed by atoms with Gasteiger partial charge in [-0.25, -0.2) is 8.42 Å². The molecule has 1 atom stereocenters. The highest BCUT2D eigenvalue weighted by Gasteiger charge is 2.29. The van der Waals surface area contributed by atoms with Gasteiger partial charge in [-0.1, -0.05) is 13.8 Å². The van der Waals surface area contributed by atoms with Crippen molar-refractivity contribution >= 4 is 21.8 Å². The monoisotopic (exact) mass is 332 g/mol. The first kappa shape index (κ1) is 16.8. The van der Waals surface area contributed by atoms with Gasteiger partial charge in [0.2, 0.25) is 10.0 Å². The molecule has 1 aromatic heterocycles. The number of hydrogen-bond acceptors (Lipinski definition) is 5. The van der Waals surface area contributed by atoms with Crippen LogP contribution in [-0.2, 0) is 16.6 Å². The number of thioether (sulfide) groups is 1. The van der Waals surface area contributed by atoms with Gasteiger partial charge in [-0.2, -0.15) is 21.2 Å². The number of hydrogen-bond donors (Lipinski definition) is 1. The summed E-state index contributed by atoms with van der Waals surface area (Å²) in [6, 6.07) is 0. The molecule has 0 aliphatic carbocycles. The van der Waals surface area contributed by atoms with Crippen LogP contribution in [0.4, 0.5) is 0 Å². The van der Waals surface area contributed by atoms with E-state index in [9.17, 15) is 8.42 Å². The third-order valence-electron chi connectivity index (χ3n) is 3.40. The summed E-state index contributed by atoms with van der Waals surface area (Å²) in [5.74, 6) is 0.857. The fourth-order valence-corrected chi connectivity index (χ4v) is 4.96. The van der Waals surface area contributed by atoms with Gasteiger partial charge in [0.15, 0.2) is 0 Å². The summed E-state index contributed by atoms with van der Waals surface area (Å²) >= 11 is 1.82. The Morgan fingerprint density at radius 2 is 2.29 bits per heavy atom. The minimum atomic E-state index is -3.39. The Balaban J connectivity index is 1.98. The zero-order valence-electron chi connectivity index (χ0n) is 12.7. The Morgan fingerprint density at radius 1 is 1.48 bits per heavy atom. The van der Waals surface area contributed by atoms with E-state index in [0.29, 0.717) is 29.8 Å². The van der Waals surface area contributed by atoms with Crippen molar-refractivity contribution in [3.63, 3.8) is 0 Å².